The van der Waals surface area contributed by atoms with E-state index in [0.717, 1.165) is 12.0 Å². The SMILES string of the molecule is CCc1ccc2[nH]cc(S(=O)(=O)c3ccc(OC)cc3)c(=O)c2c1. The van der Waals surface area contributed by atoms with Gasteiger partial charge in [0.15, 0.2) is 0 Å². The van der Waals surface area contributed by atoms with Crippen molar-refractivity contribution in [2.45, 2.75) is 23.1 Å². The first-order chi connectivity index (χ1) is 11.5. The lowest BCUT2D eigenvalue weighted by Crippen LogP contribution is -2.16. The molecule has 0 aliphatic carbocycles. The number of aryl methyl sites for hydroxylation is 1. The number of hydrogen-bond acceptors (Lipinski definition) is 4. The van der Waals surface area contributed by atoms with E-state index in [4.69, 9.17) is 4.74 Å². The fourth-order valence-corrected chi connectivity index (χ4v) is 3.86. The molecule has 0 fully saturated rings. The maximum absolute atomic E-state index is 12.8. The second kappa shape index (κ2) is 6.13. The largest absolute Gasteiger partial charge is 0.497 e. The van der Waals surface area contributed by atoms with Crippen LogP contribution in [0, 0.1) is 0 Å². The van der Waals surface area contributed by atoms with E-state index >= 15 is 0 Å². The standard InChI is InChI=1S/C18H17NO4S/c1-3-12-4-9-16-15(10-12)18(20)17(11-19-16)24(21,22)14-7-5-13(23-2)6-8-14/h4-11H,3H2,1-2H3,(H,19,20). The van der Waals surface area contributed by atoms with Crippen LogP contribution in [0.5, 0.6) is 5.75 Å². The molecular weight excluding hydrogens is 326 g/mol. The van der Waals surface area contributed by atoms with E-state index in [2.05, 4.69) is 4.98 Å². The molecule has 0 atom stereocenters. The fourth-order valence-electron chi connectivity index (χ4n) is 2.55. The van der Waals surface area contributed by atoms with E-state index in [1.165, 1.54) is 25.4 Å². The maximum atomic E-state index is 12.8. The van der Waals surface area contributed by atoms with Gasteiger partial charge in [-0.15, -0.1) is 0 Å². The minimum atomic E-state index is -3.90. The molecule has 1 aromatic heterocycles. The van der Waals surface area contributed by atoms with Crippen molar-refractivity contribution < 1.29 is 13.2 Å². The fraction of sp³-hybridized carbons (Fsp3) is 0.167. The summed E-state index contributed by atoms with van der Waals surface area (Å²) in [5.74, 6) is 0.550. The molecule has 0 aliphatic rings. The number of fused-ring (bicyclic) bond motifs is 1. The summed E-state index contributed by atoms with van der Waals surface area (Å²) in [4.78, 5) is 15.4. The number of benzene rings is 2. The minimum Gasteiger partial charge on any atom is -0.497 e. The van der Waals surface area contributed by atoms with Crippen LogP contribution in [-0.4, -0.2) is 20.5 Å². The Bertz CT molecular complexity index is 1050. The van der Waals surface area contributed by atoms with Gasteiger partial charge in [-0.1, -0.05) is 13.0 Å². The Morgan fingerprint density at radius 3 is 2.42 bits per heavy atom. The topological polar surface area (TPSA) is 76.2 Å². The van der Waals surface area contributed by atoms with Gasteiger partial charge in [-0.05, 0) is 48.4 Å². The average Bonchev–Trinajstić information content (AvgIpc) is 2.61. The molecule has 3 aromatic rings. The van der Waals surface area contributed by atoms with Gasteiger partial charge in [-0.3, -0.25) is 4.79 Å². The number of H-pyrrole nitrogens is 1. The van der Waals surface area contributed by atoms with Crippen LogP contribution >= 0.6 is 0 Å². The maximum Gasteiger partial charge on any atom is 0.211 e. The van der Waals surface area contributed by atoms with Crippen molar-refractivity contribution in [3.05, 3.63) is 64.4 Å². The number of sulfone groups is 1. The second-order valence-electron chi connectivity index (χ2n) is 5.39. The van der Waals surface area contributed by atoms with Crippen molar-refractivity contribution in [1.29, 1.82) is 0 Å². The molecule has 1 heterocycles. The monoisotopic (exact) mass is 343 g/mol. The van der Waals surface area contributed by atoms with Gasteiger partial charge in [0.05, 0.1) is 12.0 Å². The van der Waals surface area contributed by atoms with E-state index in [1.807, 2.05) is 13.0 Å². The molecule has 0 spiro atoms. The molecule has 124 valence electrons. The van der Waals surface area contributed by atoms with E-state index in [-0.39, 0.29) is 9.79 Å². The second-order valence-corrected chi connectivity index (χ2v) is 7.31. The third kappa shape index (κ3) is 2.69. The Morgan fingerprint density at radius 2 is 1.79 bits per heavy atom. The van der Waals surface area contributed by atoms with Crippen molar-refractivity contribution in [3.8, 4) is 5.75 Å². The van der Waals surface area contributed by atoms with Gasteiger partial charge in [0.1, 0.15) is 10.6 Å². The van der Waals surface area contributed by atoms with Gasteiger partial charge in [-0.2, -0.15) is 0 Å². The van der Waals surface area contributed by atoms with Gasteiger partial charge in [-0.25, -0.2) is 8.42 Å². The molecule has 24 heavy (non-hydrogen) atoms. The van der Waals surface area contributed by atoms with Gasteiger partial charge in [0, 0.05) is 17.1 Å². The molecule has 0 radical (unpaired) electrons. The molecule has 0 unspecified atom stereocenters. The molecule has 0 aliphatic heterocycles. The molecule has 0 bridgehead atoms. The van der Waals surface area contributed by atoms with Crippen LogP contribution < -0.4 is 10.2 Å². The first kappa shape index (κ1) is 16.3. The summed E-state index contributed by atoms with van der Waals surface area (Å²) in [5, 5.41) is 0.379. The van der Waals surface area contributed by atoms with Crippen molar-refractivity contribution in [1.82, 2.24) is 4.98 Å². The summed E-state index contributed by atoms with van der Waals surface area (Å²) in [7, 11) is -2.40. The quantitative estimate of drug-likeness (QED) is 0.790. The summed E-state index contributed by atoms with van der Waals surface area (Å²) in [5.41, 5.74) is 1.10. The van der Waals surface area contributed by atoms with Gasteiger partial charge in [0.2, 0.25) is 15.3 Å². The van der Waals surface area contributed by atoms with Gasteiger partial charge >= 0.3 is 0 Å². The van der Waals surface area contributed by atoms with Crippen LogP contribution in [0.15, 0.2) is 63.2 Å². The molecule has 0 saturated heterocycles. The van der Waals surface area contributed by atoms with Gasteiger partial charge in [0.25, 0.3) is 0 Å². The molecule has 2 aromatic carbocycles. The van der Waals surface area contributed by atoms with E-state index in [9.17, 15) is 13.2 Å². The Labute approximate surface area is 139 Å². The normalized spacial score (nSPS) is 11.6. The van der Waals surface area contributed by atoms with Crippen LogP contribution in [0.25, 0.3) is 10.9 Å². The predicted molar refractivity (Wildman–Crippen MR) is 92.4 cm³/mol. The predicted octanol–water partition coefficient (Wildman–Crippen LogP) is 2.93. The van der Waals surface area contributed by atoms with Crippen molar-refractivity contribution in [2.75, 3.05) is 7.11 Å². The minimum absolute atomic E-state index is 0.0554. The zero-order valence-electron chi connectivity index (χ0n) is 13.4. The molecule has 0 saturated carbocycles. The van der Waals surface area contributed by atoms with Crippen LogP contribution in [0.3, 0.4) is 0 Å². The number of methoxy groups -OCH3 is 1. The Kier molecular flexibility index (Phi) is 4.15. The number of rotatable bonds is 4. The third-order valence-electron chi connectivity index (χ3n) is 3.98. The summed E-state index contributed by atoms with van der Waals surface area (Å²) in [6.07, 6.45) is 2.03. The number of ether oxygens (including phenoxy) is 1. The number of pyridine rings is 1. The lowest BCUT2D eigenvalue weighted by Gasteiger charge is -2.07. The number of nitrogens with one attached hydrogen (secondary N) is 1. The Hall–Kier alpha value is -2.60. The molecule has 0 amide bonds. The highest BCUT2D eigenvalue weighted by atomic mass is 32.2. The first-order valence-electron chi connectivity index (χ1n) is 7.51. The number of aromatic amines is 1. The summed E-state index contributed by atoms with van der Waals surface area (Å²) >= 11 is 0. The van der Waals surface area contributed by atoms with E-state index in [0.29, 0.717) is 16.7 Å². The highest BCUT2D eigenvalue weighted by Crippen LogP contribution is 2.22. The lowest BCUT2D eigenvalue weighted by molar-refractivity contribution is 0.414. The molecule has 6 heteroatoms. The molecule has 3 rings (SSSR count). The first-order valence-corrected chi connectivity index (χ1v) is 8.99. The molecular formula is C18H17NO4S. The highest BCUT2D eigenvalue weighted by Gasteiger charge is 2.22. The van der Waals surface area contributed by atoms with Crippen molar-refractivity contribution in [2.24, 2.45) is 0 Å². The number of aromatic nitrogens is 1. The Morgan fingerprint density at radius 1 is 1.08 bits per heavy atom. The van der Waals surface area contributed by atoms with Crippen molar-refractivity contribution in [3.63, 3.8) is 0 Å². The van der Waals surface area contributed by atoms with Crippen LogP contribution in [-0.2, 0) is 16.3 Å². The van der Waals surface area contributed by atoms with Crippen LogP contribution in [0.2, 0.25) is 0 Å². The number of hydrogen-bond donors (Lipinski definition) is 1. The summed E-state index contributed by atoms with van der Waals surface area (Å²) in [6.45, 7) is 1.98. The smallest absolute Gasteiger partial charge is 0.211 e. The third-order valence-corrected chi connectivity index (χ3v) is 5.75. The highest BCUT2D eigenvalue weighted by molar-refractivity contribution is 7.91. The summed E-state index contributed by atoms with van der Waals surface area (Å²) < 4.78 is 30.6. The lowest BCUT2D eigenvalue weighted by atomic mass is 10.1. The van der Waals surface area contributed by atoms with E-state index < -0.39 is 15.3 Å². The van der Waals surface area contributed by atoms with E-state index in [1.54, 1.807) is 24.3 Å². The van der Waals surface area contributed by atoms with Crippen LogP contribution in [0.4, 0.5) is 0 Å². The zero-order chi connectivity index (χ0) is 17.3. The molecule has 5 nitrogen and oxygen atoms in total. The zero-order valence-corrected chi connectivity index (χ0v) is 14.2. The molecule has 1 N–H and O–H groups in total. The Balaban J connectivity index is 2.20. The van der Waals surface area contributed by atoms with Gasteiger partial charge < -0.3 is 9.72 Å². The van der Waals surface area contributed by atoms with Crippen LogP contribution in [0.1, 0.15) is 12.5 Å². The summed E-state index contributed by atoms with van der Waals surface area (Å²) in [6, 6.07) is 11.4. The average molecular weight is 343 g/mol. The van der Waals surface area contributed by atoms with Crippen molar-refractivity contribution >= 4 is 20.7 Å².